The highest BCUT2D eigenvalue weighted by atomic mass is 15.4. The van der Waals surface area contributed by atoms with Gasteiger partial charge in [-0.2, -0.15) is 0 Å². The molecule has 0 saturated heterocycles. The molecule has 0 aliphatic heterocycles. The van der Waals surface area contributed by atoms with Crippen LogP contribution in [-0.4, -0.2) is 25.0 Å². The van der Waals surface area contributed by atoms with Gasteiger partial charge in [-0.1, -0.05) is 35.5 Å². The third-order valence-corrected chi connectivity index (χ3v) is 3.09. The third kappa shape index (κ3) is 3.06. The van der Waals surface area contributed by atoms with Crippen molar-refractivity contribution in [2.75, 3.05) is 0 Å². The first kappa shape index (κ1) is 12.5. The number of hydrogen-bond acceptors (Lipinski definition) is 4. The summed E-state index contributed by atoms with van der Waals surface area (Å²) in [5.74, 6) is 0. The fraction of sp³-hybridized carbons (Fsp3) is 0.200. The molecule has 0 amide bonds. The molecule has 3 rings (SSSR count). The van der Waals surface area contributed by atoms with Crippen molar-refractivity contribution in [1.82, 2.24) is 25.0 Å². The lowest BCUT2D eigenvalue weighted by atomic mass is 10.1. The lowest BCUT2D eigenvalue weighted by Gasteiger charge is -2.01. The maximum absolute atomic E-state index is 4.15. The molecule has 0 unspecified atom stereocenters. The van der Waals surface area contributed by atoms with Crippen LogP contribution in [0.4, 0.5) is 0 Å². The van der Waals surface area contributed by atoms with E-state index in [-0.39, 0.29) is 0 Å². The summed E-state index contributed by atoms with van der Waals surface area (Å²) in [4.78, 5) is 7.97. The average Bonchev–Trinajstić information content (AvgIpc) is 2.98. The van der Waals surface area contributed by atoms with Crippen molar-refractivity contribution in [2.24, 2.45) is 0 Å². The van der Waals surface area contributed by atoms with Crippen LogP contribution in [0.1, 0.15) is 12.0 Å². The topological polar surface area (TPSA) is 56.5 Å². The first-order chi connectivity index (χ1) is 9.92. The van der Waals surface area contributed by atoms with E-state index in [1.165, 1.54) is 11.9 Å². The highest BCUT2D eigenvalue weighted by Crippen LogP contribution is 2.13. The summed E-state index contributed by atoms with van der Waals surface area (Å²) in [7, 11) is 0. The van der Waals surface area contributed by atoms with E-state index in [1.807, 2.05) is 16.9 Å². The minimum Gasteiger partial charge on any atom is -0.252 e. The molecule has 2 heterocycles. The predicted molar refractivity (Wildman–Crippen MR) is 75.8 cm³/mol. The van der Waals surface area contributed by atoms with E-state index in [4.69, 9.17) is 0 Å². The van der Waals surface area contributed by atoms with E-state index in [1.54, 1.807) is 12.4 Å². The van der Waals surface area contributed by atoms with Gasteiger partial charge in [0.15, 0.2) is 0 Å². The van der Waals surface area contributed by atoms with Crippen LogP contribution in [-0.2, 0) is 13.0 Å². The van der Waals surface area contributed by atoms with Crippen LogP contribution >= 0.6 is 0 Å². The quantitative estimate of drug-likeness (QED) is 0.710. The summed E-state index contributed by atoms with van der Waals surface area (Å²) in [6, 6.07) is 10.5. The fourth-order valence-corrected chi connectivity index (χ4v) is 2.06. The van der Waals surface area contributed by atoms with Gasteiger partial charge < -0.3 is 0 Å². The highest BCUT2D eigenvalue weighted by Gasteiger charge is 2.04. The second kappa shape index (κ2) is 6.06. The molecule has 0 saturated carbocycles. The molecule has 5 nitrogen and oxygen atoms in total. The minimum absolute atomic E-state index is 0.810. The summed E-state index contributed by atoms with van der Waals surface area (Å²) >= 11 is 0. The first-order valence-corrected chi connectivity index (χ1v) is 6.61. The Kier molecular flexibility index (Phi) is 3.78. The molecule has 0 atom stereocenters. The molecule has 0 fully saturated rings. The number of aromatic nitrogens is 5. The van der Waals surface area contributed by atoms with Gasteiger partial charge in [-0.3, -0.25) is 4.68 Å². The maximum Gasteiger partial charge on any atom is 0.116 e. The summed E-state index contributed by atoms with van der Waals surface area (Å²) < 4.78 is 1.87. The lowest BCUT2D eigenvalue weighted by molar-refractivity contribution is 0.559. The largest absolute Gasteiger partial charge is 0.252 e. The van der Waals surface area contributed by atoms with E-state index in [9.17, 15) is 0 Å². The molecule has 3 aromatic rings. The van der Waals surface area contributed by atoms with Crippen molar-refractivity contribution in [3.05, 3.63) is 60.8 Å². The number of rotatable bonds is 5. The highest BCUT2D eigenvalue weighted by molar-refractivity contribution is 5.54. The first-order valence-electron chi connectivity index (χ1n) is 6.61. The molecule has 0 radical (unpaired) electrons. The molecule has 20 heavy (non-hydrogen) atoms. The standard InChI is InChI=1S/C15H15N5/c1-2-5-13(6-3-1)7-4-8-20-11-15(18-19-20)14-9-16-12-17-10-14/h1-3,5-6,9-12H,4,7-8H2. The molecule has 1 aromatic carbocycles. The van der Waals surface area contributed by atoms with Gasteiger partial charge in [-0.05, 0) is 18.4 Å². The second-order valence-electron chi connectivity index (χ2n) is 4.58. The van der Waals surface area contributed by atoms with Gasteiger partial charge in [0.25, 0.3) is 0 Å². The van der Waals surface area contributed by atoms with Gasteiger partial charge in [0.2, 0.25) is 0 Å². The van der Waals surface area contributed by atoms with Crippen LogP contribution < -0.4 is 0 Å². The molecule has 0 spiro atoms. The molecule has 100 valence electrons. The number of aryl methyl sites for hydroxylation is 2. The molecular weight excluding hydrogens is 250 g/mol. The van der Waals surface area contributed by atoms with Crippen LogP contribution in [0.15, 0.2) is 55.2 Å². The third-order valence-electron chi connectivity index (χ3n) is 3.09. The molecule has 0 aliphatic carbocycles. The molecule has 0 N–H and O–H groups in total. The van der Waals surface area contributed by atoms with Gasteiger partial charge in [-0.15, -0.1) is 5.10 Å². The number of nitrogens with zero attached hydrogens (tertiary/aromatic N) is 5. The van der Waals surface area contributed by atoms with Gasteiger partial charge in [0.05, 0.1) is 6.20 Å². The zero-order valence-corrected chi connectivity index (χ0v) is 11.1. The second-order valence-corrected chi connectivity index (χ2v) is 4.58. The number of hydrogen-bond donors (Lipinski definition) is 0. The van der Waals surface area contributed by atoms with Crippen molar-refractivity contribution in [2.45, 2.75) is 19.4 Å². The Morgan fingerprint density at radius 3 is 2.60 bits per heavy atom. The van der Waals surface area contributed by atoms with Gasteiger partial charge in [0.1, 0.15) is 12.0 Å². The van der Waals surface area contributed by atoms with Gasteiger partial charge in [-0.25, -0.2) is 9.97 Å². The van der Waals surface area contributed by atoms with Crippen molar-refractivity contribution < 1.29 is 0 Å². The maximum atomic E-state index is 4.15. The van der Waals surface area contributed by atoms with Crippen molar-refractivity contribution in [1.29, 1.82) is 0 Å². The molecule has 0 bridgehead atoms. The van der Waals surface area contributed by atoms with Crippen LogP contribution in [0, 0.1) is 0 Å². The van der Waals surface area contributed by atoms with Crippen molar-refractivity contribution in [3.63, 3.8) is 0 Å². The van der Waals surface area contributed by atoms with E-state index >= 15 is 0 Å². The van der Waals surface area contributed by atoms with Gasteiger partial charge in [0, 0.05) is 24.5 Å². The average molecular weight is 265 g/mol. The Hall–Kier alpha value is -2.56. The SMILES string of the molecule is c1ccc(CCCn2cc(-c3cncnc3)nn2)cc1. The van der Waals surface area contributed by atoms with E-state index < -0.39 is 0 Å². The predicted octanol–water partition coefficient (Wildman–Crippen LogP) is 2.37. The van der Waals surface area contributed by atoms with E-state index in [0.29, 0.717) is 0 Å². The summed E-state index contributed by atoms with van der Waals surface area (Å²) in [6.45, 7) is 0.857. The molecular formula is C15H15N5. The Morgan fingerprint density at radius 1 is 1.00 bits per heavy atom. The lowest BCUT2D eigenvalue weighted by Crippen LogP contribution is -2.00. The smallest absolute Gasteiger partial charge is 0.116 e. The van der Waals surface area contributed by atoms with Crippen LogP contribution in [0.25, 0.3) is 11.3 Å². The zero-order chi connectivity index (χ0) is 13.6. The molecule has 2 aromatic heterocycles. The Bertz CT molecular complexity index is 648. The van der Waals surface area contributed by atoms with Gasteiger partial charge >= 0.3 is 0 Å². The van der Waals surface area contributed by atoms with Crippen molar-refractivity contribution in [3.8, 4) is 11.3 Å². The van der Waals surface area contributed by atoms with E-state index in [0.717, 1.165) is 30.6 Å². The van der Waals surface area contributed by atoms with Crippen LogP contribution in [0.3, 0.4) is 0 Å². The summed E-state index contributed by atoms with van der Waals surface area (Å²) in [5, 5.41) is 8.28. The fourth-order valence-electron chi connectivity index (χ4n) is 2.06. The Labute approximate surface area is 117 Å². The molecule has 5 heteroatoms. The van der Waals surface area contributed by atoms with Crippen molar-refractivity contribution >= 4 is 0 Å². The zero-order valence-electron chi connectivity index (χ0n) is 11.1. The minimum atomic E-state index is 0.810. The molecule has 0 aliphatic rings. The summed E-state index contributed by atoms with van der Waals surface area (Å²) in [5.41, 5.74) is 3.05. The normalized spacial score (nSPS) is 10.6. The van der Waals surface area contributed by atoms with E-state index in [2.05, 4.69) is 44.5 Å². The number of benzene rings is 1. The Morgan fingerprint density at radius 2 is 1.80 bits per heavy atom. The van der Waals surface area contributed by atoms with Crippen LogP contribution in [0.5, 0.6) is 0 Å². The Balaban J connectivity index is 1.58. The van der Waals surface area contributed by atoms with Crippen LogP contribution in [0.2, 0.25) is 0 Å². The summed E-state index contributed by atoms with van der Waals surface area (Å²) in [6.07, 6.45) is 9.01. The monoisotopic (exact) mass is 265 g/mol.